The topological polar surface area (TPSA) is 70.5 Å². The average molecular weight is 278 g/mol. The van der Waals surface area contributed by atoms with Gasteiger partial charge in [0.1, 0.15) is 17.5 Å². The number of aliphatic hydroxyl groups is 1. The van der Waals surface area contributed by atoms with Crippen LogP contribution in [-0.2, 0) is 4.74 Å². The minimum absolute atomic E-state index is 0.0443. The molecule has 1 saturated carbocycles. The molecule has 1 saturated heterocycles. The van der Waals surface area contributed by atoms with Crippen LogP contribution in [0.2, 0.25) is 0 Å². The summed E-state index contributed by atoms with van der Waals surface area (Å²) in [7, 11) is 1.88. The van der Waals surface area contributed by atoms with E-state index in [1.807, 2.05) is 13.1 Å². The Labute approximate surface area is 119 Å². The molecule has 3 rings (SSSR count). The standard InChI is InChI=1S/C14H22N4O2/c1-9-8-20-11(7-19)6-18(9)13-5-12(15-2)16-14(17-13)10-3-4-10/h5,9-11,19H,3-4,6-8H2,1-2H3,(H,15,16,17). The van der Waals surface area contributed by atoms with E-state index in [0.29, 0.717) is 19.1 Å². The molecule has 1 aliphatic carbocycles. The van der Waals surface area contributed by atoms with Gasteiger partial charge in [0.25, 0.3) is 0 Å². The molecule has 0 amide bonds. The van der Waals surface area contributed by atoms with Crippen LogP contribution in [0.1, 0.15) is 31.5 Å². The minimum Gasteiger partial charge on any atom is -0.394 e. The van der Waals surface area contributed by atoms with Crippen LogP contribution in [0.4, 0.5) is 11.6 Å². The summed E-state index contributed by atoms with van der Waals surface area (Å²) in [5, 5.41) is 12.4. The van der Waals surface area contributed by atoms with Crippen LogP contribution >= 0.6 is 0 Å². The van der Waals surface area contributed by atoms with Crippen LogP contribution < -0.4 is 10.2 Å². The molecular weight excluding hydrogens is 256 g/mol. The maximum atomic E-state index is 9.30. The van der Waals surface area contributed by atoms with E-state index < -0.39 is 0 Å². The summed E-state index contributed by atoms with van der Waals surface area (Å²) >= 11 is 0. The number of aromatic nitrogens is 2. The maximum Gasteiger partial charge on any atom is 0.136 e. The third-order valence-corrected chi connectivity index (χ3v) is 3.93. The van der Waals surface area contributed by atoms with Crippen LogP contribution in [0, 0.1) is 0 Å². The third-order valence-electron chi connectivity index (χ3n) is 3.93. The van der Waals surface area contributed by atoms with E-state index in [0.717, 1.165) is 17.5 Å². The molecule has 1 aromatic heterocycles. The second-order valence-electron chi connectivity index (χ2n) is 5.63. The minimum atomic E-state index is -0.136. The van der Waals surface area contributed by atoms with Gasteiger partial charge in [0.05, 0.1) is 25.4 Å². The number of nitrogens with zero attached hydrogens (tertiary/aromatic N) is 3. The highest BCUT2D eigenvalue weighted by Crippen LogP contribution is 2.39. The van der Waals surface area contributed by atoms with Crippen molar-refractivity contribution < 1.29 is 9.84 Å². The van der Waals surface area contributed by atoms with Gasteiger partial charge in [-0.3, -0.25) is 0 Å². The summed E-state index contributed by atoms with van der Waals surface area (Å²) in [5.41, 5.74) is 0. The predicted octanol–water partition coefficient (Wildman–Crippen LogP) is 0.982. The molecule has 2 aliphatic rings. The number of anilines is 2. The quantitative estimate of drug-likeness (QED) is 0.855. The number of hydrogen-bond donors (Lipinski definition) is 2. The number of morpholine rings is 1. The summed E-state index contributed by atoms with van der Waals surface area (Å²) in [5.74, 6) is 3.25. The Hall–Kier alpha value is -1.40. The second-order valence-corrected chi connectivity index (χ2v) is 5.63. The molecule has 1 aromatic rings. The number of ether oxygens (including phenoxy) is 1. The molecule has 2 atom stereocenters. The first-order chi connectivity index (χ1) is 9.71. The molecule has 6 heteroatoms. The predicted molar refractivity (Wildman–Crippen MR) is 77.2 cm³/mol. The lowest BCUT2D eigenvalue weighted by atomic mass is 10.2. The second kappa shape index (κ2) is 5.54. The Morgan fingerprint density at radius 3 is 2.90 bits per heavy atom. The number of rotatable bonds is 4. The van der Waals surface area contributed by atoms with Crippen LogP contribution in [0.5, 0.6) is 0 Å². The monoisotopic (exact) mass is 278 g/mol. The zero-order valence-corrected chi connectivity index (χ0v) is 12.0. The van der Waals surface area contributed by atoms with E-state index >= 15 is 0 Å². The van der Waals surface area contributed by atoms with Crippen molar-refractivity contribution in [1.82, 2.24) is 9.97 Å². The van der Waals surface area contributed by atoms with Crippen LogP contribution in [0.3, 0.4) is 0 Å². The van der Waals surface area contributed by atoms with E-state index in [2.05, 4.69) is 22.1 Å². The van der Waals surface area contributed by atoms with E-state index in [-0.39, 0.29) is 18.8 Å². The van der Waals surface area contributed by atoms with Gasteiger partial charge >= 0.3 is 0 Å². The summed E-state index contributed by atoms with van der Waals surface area (Å²) in [6, 6.07) is 2.23. The molecule has 20 heavy (non-hydrogen) atoms. The Kier molecular flexibility index (Phi) is 3.76. The molecule has 2 N–H and O–H groups in total. The maximum absolute atomic E-state index is 9.30. The van der Waals surface area contributed by atoms with Gasteiger partial charge < -0.3 is 20.1 Å². The Balaban J connectivity index is 1.88. The first-order valence-corrected chi connectivity index (χ1v) is 7.27. The number of aliphatic hydroxyl groups excluding tert-OH is 1. The average Bonchev–Trinajstić information content (AvgIpc) is 3.32. The summed E-state index contributed by atoms with van der Waals surface area (Å²) in [4.78, 5) is 11.5. The van der Waals surface area contributed by atoms with Gasteiger partial charge in [-0.25, -0.2) is 9.97 Å². The zero-order chi connectivity index (χ0) is 14.1. The molecule has 1 aliphatic heterocycles. The summed E-state index contributed by atoms with van der Waals surface area (Å²) in [6.45, 7) is 3.44. The van der Waals surface area contributed by atoms with Gasteiger partial charge in [-0.15, -0.1) is 0 Å². The van der Waals surface area contributed by atoms with Gasteiger partial charge in [0.2, 0.25) is 0 Å². The fraction of sp³-hybridized carbons (Fsp3) is 0.714. The van der Waals surface area contributed by atoms with Crippen molar-refractivity contribution in [3.8, 4) is 0 Å². The van der Waals surface area contributed by atoms with Crippen molar-refractivity contribution in [3.63, 3.8) is 0 Å². The van der Waals surface area contributed by atoms with Crippen LogP contribution in [0.25, 0.3) is 0 Å². The van der Waals surface area contributed by atoms with Crippen molar-refractivity contribution in [2.24, 2.45) is 0 Å². The molecule has 6 nitrogen and oxygen atoms in total. The van der Waals surface area contributed by atoms with Crippen LogP contribution in [0.15, 0.2) is 6.07 Å². The smallest absolute Gasteiger partial charge is 0.136 e. The lowest BCUT2D eigenvalue weighted by molar-refractivity contribution is -0.0105. The van der Waals surface area contributed by atoms with Crippen molar-refractivity contribution in [2.75, 3.05) is 37.0 Å². The van der Waals surface area contributed by atoms with Gasteiger partial charge in [-0.2, -0.15) is 0 Å². The molecule has 0 radical (unpaired) electrons. The summed E-state index contributed by atoms with van der Waals surface area (Å²) in [6.07, 6.45) is 2.23. The number of nitrogens with one attached hydrogen (secondary N) is 1. The molecule has 0 bridgehead atoms. The lowest BCUT2D eigenvalue weighted by Crippen LogP contribution is -2.50. The normalized spacial score (nSPS) is 26.6. The Morgan fingerprint density at radius 2 is 2.25 bits per heavy atom. The largest absolute Gasteiger partial charge is 0.394 e. The zero-order valence-electron chi connectivity index (χ0n) is 12.0. The summed E-state index contributed by atoms with van der Waals surface area (Å²) < 4.78 is 5.59. The molecular formula is C14H22N4O2. The molecule has 2 heterocycles. The fourth-order valence-corrected chi connectivity index (χ4v) is 2.50. The highest BCUT2D eigenvalue weighted by atomic mass is 16.5. The van der Waals surface area contributed by atoms with Crippen molar-refractivity contribution in [1.29, 1.82) is 0 Å². The highest BCUT2D eigenvalue weighted by Gasteiger charge is 2.30. The number of hydrogen-bond acceptors (Lipinski definition) is 6. The lowest BCUT2D eigenvalue weighted by Gasteiger charge is -2.38. The van der Waals surface area contributed by atoms with E-state index in [1.54, 1.807) is 0 Å². The molecule has 0 aromatic carbocycles. The third kappa shape index (κ3) is 2.71. The van der Waals surface area contributed by atoms with E-state index in [9.17, 15) is 5.11 Å². The van der Waals surface area contributed by atoms with Crippen molar-refractivity contribution in [3.05, 3.63) is 11.9 Å². The van der Waals surface area contributed by atoms with Crippen molar-refractivity contribution >= 4 is 11.6 Å². The highest BCUT2D eigenvalue weighted by molar-refractivity contribution is 5.50. The molecule has 2 fully saturated rings. The molecule has 2 unspecified atom stereocenters. The molecule has 110 valence electrons. The van der Waals surface area contributed by atoms with Gasteiger partial charge in [-0.05, 0) is 19.8 Å². The van der Waals surface area contributed by atoms with E-state index in [4.69, 9.17) is 9.72 Å². The van der Waals surface area contributed by atoms with Crippen LogP contribution in [-0.4, -0.2) is 54.0 Å². The van der Waals surface area contributed by atoms with Gasteiger partial charge in [0, 0.05) is 25.6 Å². The molecule has 0 spiro atoms. The first kappa shape index (κ1) is 13.6. The van der Waals surface area contributed by atoms with E-state index in [1.165, 1.54) is 12.8 Å². The van der Waals surface area contributed by atoms with Gasteiger partial charge in [-0.1, -0.05) is 0 Å². The first-order valence-electron chi connectivity index (χ1n) is 7.27. The Morgan fingerprint density at radius 1 is 1.45 bits per heavy atom. The van der Waals surface area contributed by atoms with Gasteiger partial charge in [0.15, 0.2) is 0 Å². The SMILES string of the molecule is CNc1cc(N2CC(CO)OCC2C)nc(C2CC2)n1. The Bertz CT molecular complexity index is 478. The fourth-order valence-electron chi connectivity index (χ4n) is 2.50. The van der Waals surface area contributed by atoms with Crippen molar-refractivity contribution in [2.45, 2.75) is 37.8 Å².